The van der Waals surface area contributed by atoms with E-state index in [0.29, 0.717) is 5.56 Å². The number of hydrogen-bond donors (Lipinski definition) is 1. The van der Waals surface area contributed by atoms with Gasteiger partial charge in [0.05, 0.1) is 20.6 Å². The molecule has 4 heteroatoms. The van der Waals surface area contributed by atoms with Crippen LogP contribution in [0, 0.1) is 0 Å². The van der Waals surface area contributed by atoms with Crippen LogP contribution in [-0.2, 0) is 16.0 Å². The van der Waals surface area contributed by atoms with Gasteiger partial charge in [-0.3, -0.25) is 4.79 Å². The zero-order valence-electron chi connectivity index (χ0n) is 16.2. The van der Waals surface area contributed by atoms with Crippen LogP contribution in [0.4, 0.5) is 0 Å². The smallest absolute Gasteiger partial charge is 0.182 e. The minimum atomic E-state index is -1.63. The highest BCUT2D eigenvalue weighted by Crippen LogP contribution is 2.07. The van der Waals surface area contributed by atoms with Crippen molar-refractivity contribution in [1.82, 2.24) is 0 Å². The summed E-state index contributed by atoms with van der Waals surface area (Å²) in [6.45, 7) is 3.62. The van der Waals surface area contributed by atoms with Crippen LogP contribution in [-0.4, -0.2) is 32.4 Å². The second-order valence-electron chi connectivity index (χ2n) is 6.80. The van der Waals surface area contributed by atoms with Crippen molar-refractivity contribution < 1.29 is 19.6 Å². The Morgan fingerprint density at radius 1 is 0.880 bits per heavy atom. The van der Waals surface area contributed by atoms with Crippen molar-refractivity contribution in [2.45, 2.75) is 64.7 Å². The monoisotopic (exact) mass is 349 g/mol. The highest BCUT2D eigenvalue weighted by molar-refractivity contribution is 6.32. The highest BCUT2D eigenvalue weighted by atomic mass is 16.4. The lowest BCUT2D eigenvalue weighted by Gasteiger charge is -2.06. The lowest BCUT2D eigenvalue weighted by Crippen LogP contribution is -3.05. The number of hydrogen-bond acceptors (Lipinski definition) is 3. The molecule has 0 bridgehead atoms. The van der Waals surface area contributed by atoms with E-state index in [9.17, 15) is 14.7 Å². The molecular weight excluding hydrogens is 314 g/mol. The molecule has 1 aromatic carbocycles. The largest absolute Gasteiger partial charge is 0.542 e. The van der Waals surface area contributed by atoms with Gasteiger partial charge in [-0.1, -0.05) is 75.8 Å². The van der Waals surface area contributed by atoms with E-state index in [1.165, 1.54) is 57.9 Å². The van der Waals surface area contributed by atoms with Crippen LogP contribution in [0.5, 0.6) is 0 Å². The third kappa shape index (κ3) is 15.6. The molecule has 1 N–H and O–H groups in total. The van der Waals surface area contributed by atoms with Gasteiger partial charge in [0.25, 0.3) is 0 Å². The molecule has 0 aliphatic heterocycles. The Morgan fingerprint density at radius 3 is 1.88 bits per heavy atom. The van der Waals surface area contributed by atoms with Crippen LogP contribution in [0.15, 0.2) is 30.3 Å². The molecule has 0 aliphatic carbocycles. The Morgan fingerprint density at radius 2 is 1.40 bits per heavy atom. The molecule has 0 saturated heterocycles. The Hall–Kier alpha value is -1.68. The molecule has 142 valence electrons. The summed E-state index contributed by atoms with van der Waals surface area (Å²) in [6, 6.07) is 8.68. The van der Waals surface area contributed by atoms with E-state index in [0.717, 1.165) is 0 Å². The topological polar surface area (TPSA) is 61.6 Å². The predicted molar refractivity (Wildman–Crippen MR) is 100 cm³/mol. The Labute approximate surface area is 153 Å². The molecule has 0 unspecified atom stereocenters. The highest BCUT2D eigenvalue weighted by Gasteiger charge is 2.02. The Bertz CT molecular complexity index is 457. The molecule has 0 radical (unpaired) electrons. The average molecular weight is 350 g/mol. The fraction of sp³-hybridized carbons (Fsp3) is 0.619. The minimum absolute atomic E-state index is 0.0941. The molecular formula is C21H35NO3. The van der Waals surface area contributed by atoms with Crippen molar-refractivity contribution in [3.63, 3.8) is 0 Å². The van der Waals surface area contributed by atoms with Crippen molar-refractivity contribution in [2.24, 2.45) is 0 Å². The van der Waals surface area contributed by atoms with Crippen LogP contribution in [0.25, 0.3) is 0 Å². The second kappa shape index (κ2) is 15.8. The van der Waals surface area contributed by atoms with E-state index in [-0.39, 0.29) is 6.42 Å². The predicted octanol–water partition coefficient (Wildman–Crippen LogP) is 1.82. The molecule has 0 saturated carbocycles. The van der Waals surface area contributed by atoms with Gasteiger partial charge >= 0.3 is 0 Å². The molecule has 4 nitrogen and oxygen atoms in total. The van der Waals surface area contributed by atoms with Crippen LogP contribution >= 0.6 is 0 Å². The number of rotatable bonds is 12. The molecule has 25 heavy (non-hydrogen) atoms. The number of aliphatic carboxylic acids is 1. The van der Waals surface area contributed by atoms with Crippen molar-refractivity contribution in [3.8, 4) is 0 Å². The molecule has 1 rings (SSSR count). The van der Waals surface area contributed by atoms with Gasteiger partial charge in [0.1, 0.15) is 5.97 Å². The van der Waals surface area contributed by atoms with Crippen LogP contribution in [0.1, 0.15) is 63.9 Å². The van der Waals surface area contributed by atoms with E-state index < -0.39 is 11.8 Å². The quantitative estimate of drug-likeness (QED) is 0.462. The first-order valence-electron chi connectivity index (χ1n) is 9.54. The van der Waals surface area contributed by atoms with E-state index in [1.807, 2.05) is 0 Å². The zero-order valence-corrected chi connectivity index (χ0v) is 16.2. The molecule has 0 heterocycles. The first kappa shape index (κ1) is 23.3. The average Bonchev–Trinajstić information content (AvgIpc) is 2.58. The van der Waals surface area contributed by atoms with Gasteiger partial charge in [-0.05, 0) is 18.4 Å². The van der Waals surface area contributed by atoms with Crippen LogP contribution in [0.2, 0.25) is 0 Å². The first-order chi connectivity index (χ1) is 12.0. The molecule has 1 aromatic rings. The fourth-order valence-corrected chi connectivity index (χ4v) is 2.47. The maximum Gasteiger partial charge on any atom is 0.182 e. The number of ketones is 1. The number of carbonyl (C=O) groups is 2. The Kier molecular flexibility index (Phi) is 14.8. The van der Waals surface area contributed by atoms with Crippen LogP contribution in [0.3, 0.4) is 0 Å². The third-order valence-electron chi connectivity index (χ3n) is 3.97. The van der Waals surface area contributed by atoms with Gasteiger partial charge in [0, 0.05) is 6.42 Å². The fourth-order valence-electron chi connectivity index (χ4n) is 2.47. The summed E-state index contributed by atoms with van der Waals surface area (Å²) in [4.78, 5) is 22.3. The maximum atomic E-state index is 10.7. The lowest BCUT2D eigenvalue weighted by molar-refractivity contribution is -0.858. The van der Waals surface area contributed by atoms with E-state index in [4.69, 9.17) is 0 Å². The molecule has 0 aliphatic rings. The summed E-state index contributed by atoms with van der Waals surface area (Å²) in [5, 5.41) is 10.0. The SMILES string of the molecule is CCCCCCCCCC[NH+](C)C.O=C([O-])C(=O)Cc1ccccc1. The normalized spacial score (nSPS) is 10.2. The van der Waals surface area contributed by atoms with Gasteiger partial charge in [-0.2, -0.15) is 0 Å². The summed E-state index contributed by atoms with van der Waals surface area (Å²) in [7, 11) is 4.47. The van der Waals surface area contributed by atoms with E-state index in [2.05, 4.69) is 21.0 Å². The number of carboxylic acid groups (broad SMARTS) is 1. The lowest BCUT2D eigenvalue weighted by atomic mass is 10.1. The van der Waals surface area contributed by atoms with Crippen LogP contribution < -0.4 is 10.0 Å². The first-order valence-corrected chi connectivity index (χ1v) is 9.54. The number of Topliss-reactive ketones (excluding diaryl/α,β-unsaturated/α-hetero) is 1. The van der Waals surface area contributed by atoms with Crippen molar-refractivity contribution in [3.05, 3.63) is 35.9 Å². The van der Waals surface area contributed by atoms with Gasteiger partial charge < -0.3 is 14.8 Å². The number of quaternary nitrogens is 1. The van der Waals surface area contributed by atoms with Gasteiger partial charge in [0.2, 0.25) is 0 Å². The molecule has 0 fully saturated rings. The number of unbranched alkanes of at least 4 members (excludes halogenated alkanes) is 7. The summed E-state index contributed by atoms with van der Waals surface area (Å²) in [5.74, 6) is -2.51. The second-order valence-corrected chi connectivity index (χ2v) is 6.80. The molecule has 0 atom stereocenters. The molecule has 0 spiro atoms. The van der Waals surface area contributed by atoms with E-state index >= 15 is 0 Å². The number of benzene rings is 1. The standard InChI is InChI=1S/C12H27N.C9H8O3/c1-4-5-6-7-8-9-10-11-12-13(2)3;10-8(9(11)12)6-7-4-2-1-3-5-7/h4-12H2,1-3H3;1-5H,6H2,(H,11,12). The van der Waals surface area contributed by atoms with Crippen molar-refractivity contribution in [1.29, 1.82) is 0 Å². The van der Waals surface area contributed by atoms with Gasteiger partial charge in [-0.25, -0.2) is 0 Å². The summed E-state index contributed by atoms with van der Waals surface area (Å²) in [5.41, 5.74) is 0.687. The molecule has 0 aromatic heterocycles. The van der Waals surface area contributed by atoms with Gasteiger partial charge in [0.15, 0.2) is 5.78 Å². The summed E-state index contributed by atoms with van der Waals surface area (Å²) in [6.07, 6.45) is 11.4. The number of carbonyl (C=O) groups excluding carboxylic acids is 2. The van der Waals surface area contributed by atoms with Crippen molar-refractivity contribution >= 4 is 11.8 Å². The summed E-state index contributed by atoms with van der Waals surface area (Å²) >= 11 is 0. The minimum Gasteiger partial charge on any atom is -0.542 e. The number of nitrogens with one attached hydrogen (secondary N) is 1. The van der Waals surface area contributed by atoms with Crippen molar-refractivity contribution in [2.75, 3.05) is 20.6 Å². The Balaban J connectivity index is 0.000000462. The van der Waals surface area contributed by atoms with E-state index in [1.54, 1.807) is 35.2 Å². The number of carboxylic acids is 1. The zero-order chi connectivity index (χ0) is 18.9. The van der Waals surface area contributed by atoms with Gasteiger partial charge in [-0.15, -0.1) is 0 Å². The third-order valence-corrected chi connectivity index (χ3v) is 3.97. The molecule has 0 amide bonds. The summed E-state index contributed by atoms with van der Waals surface area (Å²) < 4.78 is 0. The maximum absolute atomic E-state index is 10.7.